The fourth-order valence-electron chi connectivity index (χ4n) is 3.84. The van der Waals surface area contributed by atoms with Gasteiger partial charge in [-0.3, -0.25) is 9.59 Å². The summed E-state index contributed by atoms with van der Waals surface area (Å²) in [6, 6.07) is 1.70. The standard InChI is InChI=1S/C20H20N2O3/c1-11-9-17(12(2)25-11)20(24)21-13-7-8-15-14-5-3-4-6-16(14)19(23)22-18(15)10-13/h7-10,15H,3-6H2,1-2H3,(H,22,23). The van der Waals surface area contributed by atoms with Gasteiger partial charge in [-0.1, -0.05) is 6.08 Å². The van der Waals surface area contributed by atoms with E-state index in [1.54, 1.807) is 26.0 Å². The Labute approximate surface area is 146 Å². The summed E-state index contributed by atoms with van der Waals surface area (Å²) in [5, 5.41) is 2.98. The number of amides is 2. The Morgan fingerprint density at radius 1 is 1.28 bits per heavy atom. The topological polar surface area (TPSA) is 71.7 Å². The Kier molecular flexibility index (Phi) is 3.79. The molecule has 25 heavy (non-hydrogen) atoms. The molecule has 1 atom stereocenters. The molecule has 2 amide bonds. The van der Waals surface area contributed by atoms with Crippen LogP contribution in [0.25, 0.3) is 0 Å². The molecule has 128 valence electrons. The van der Waals surface area contributed by atoms with E-state index in [0.29, 0.717) is 22.8 Å². The Hall–Kier alpha value is -2.69. The number of nitrogens with zero attached hydrogens (tertiary/aromatic N) is 1. The Morgan fingerprint density at radius 2 is 2.08 bits per heavy atom. The van der Waals surface area contributed by atoms with Gasteiger partial charge < -0.3 is 9.73 Å². The van der Waals surface area contributed by atoms with E-state index in [9.17, 15) is 9.59 Å². The minimum Gasteiger partial charge on any atom is -0.466 e. The van der Waals surface area contributed by atoms with Crippen LogP contribution in [-0.2, 0) is 4.79 Å². The van der Waals surface area contributed by atoms with Crippen molar-refractivity contribution < 1.29 is 14.0 Å². The molecule has 3 aliphatic rings. The molecule has 2 aliphatic carbocycles. The third-order valence-corrected chi connectivity index (χ3v) is 5.02. The normalized spacial score (nSPS) is 23.9. The van der Waals surface area contributed by atoms with Gasteiger partial charge in [0, 0.05) is 17.2 Å². The predicted molar refractivity (Wildman–Crippen MR) is 94.3 cm³/mol. The quantitative estimate of drug-likeness (QED) is 0.852. The van der Waals surface area contributed by atoms with Crippen molar-refractivity contribution in [2.75, 3.05) is 0 Å². The zero-order chi connectivity index (χ0) is 17.6. The molecular formula is C20H20N2O3. The maximum Gasteiger partial charge on any atom is 0.281 e. The molecule has 0 saturated carbocycles. The van der Waals surface area contributed by atoms with Crippen molar-refractivity contribution in [3.8, 4) is 0 Å². The first-order chi connectivity index (χ1) is 12.0. The third-order valence-electron chi connectivity index (χ3n) is 5.02. The molecule has 1 unspecified atom stereocenters. The number of nitrogens with one attached hydrogen (secondary N) is 1. The van der Waals surface area contributed by atoms with Crippen LogP contribution in [0.2, 0.25) is 0 Å². The lowest BCUT2D eigenvalue weighted by molar-refractivity contribution is -0.117. The van der Waals surface area contributed by atoms with Crippen LogP contribution in [0.4, 0.5) is 0 Å². The molecule has 5 heteroatoms. The molecular weight excluding hydrogens is 316 g/mol. The summed E-state index contributed by atoms with van der Waals surface area (Å²) in [6.07, 6.45) is 9.74. The van der Waals surface area contributed by atoms with Crippen LogP contribution in [-0.4, -0.2) is 17.5 Å². The van der Waals surface area contributed by atoms with E-state index < -0.39 is 0 Å². The van der Waals surface area contributed by atoms with E-state index in [0.717, 1.165) is 37.0 Å². The fourth-order valence-corrected chi connectivity index (χ4v) is 3.84. The van der Waals surface area contributed by atoms with Crippen molar-refractivity contribution in [2.24, 2.45) is 10.9 Å². The SMILES string of the molecule is Cc1cc(C(=O)N=C2C=CC3C(=C2)NC(=O)C2=C3CCCC2)c(C)o1. The second-order valence-corrected chi connectivity index (χ2v) is 6.77. The lowest BCUT2D eigenvalue weighted by Gasteiger charge is -2.33. The molecule has 1 N–H and O–H groups in total. The molecule has 0 bridgehead atoms. The van der Waals surface area contributed by atoms with Gasteiger partial charge in [0.05, 0.1) is 11.3 Å². The average Bonchev–Trinajstić information content (AvgIpc) is 2.93. The maximum absolute atomic E-state index is 12.4. The molecule has 2 heterocycles. The third kappa shape index (κ3) is 2.80. The first-order valence-electron chi connectivity index (χ1n) is 8.66. The molecule has 0 radical (unpaired) electrons. The van der Waals surface area contributed by atoms with Crippen molar-refractivity contribution in [2.45, 2.75) is 39.5 Å². The lowest BCUT2D eigenvalue weighted by atomic mass is 9.77. The van der Waals surface area contributed by atoms with Gasteiger partial charge in [-0.2, -0.15) is 0 Å². The number of aryl methyl sites for hydroxylation is 2. The zero-order valence-electron chi connectivity index (χ0n) is 14.4. The van der Waals surface area contributed by atoms with Crippen molar-refractivity contribution in [1.29, 1.82) is 0 Å². The maximum atomic E-state index is 12.4. The molecule has 0 saturated heterocycles. The van der Waals surface area contributed by atoms with Crippen molar-refractivity contribution in [1.82, 2.24) is 5.32 Å². The summed E-state index contributed by atoms with van der Waals surface area (Å²) in [6.45, 7) is 3.56. The summed E-state index contributed by atoms with van der Waals surface area (Å²) < 4.78 is 5.40. The van der Waals surface area contributed by atoms with Crippen LogP contribution in [0, 0.1) is 19.8 Å². The molecule has 1 aliphatic heterocycles. The zero-order valence-corrected chi connectivity index (χ0v) is 14.4. The fraction of sp³-hybridized carbons (Fsp3) is 0.350. The second-order valence-electron chi connectivity index (χ2n) is 6.77. The molecule has 4 rings (SSSR count). The summed E-state index contributed by atoms with van der Waals surface area (Å²) >= 11 is 0. The highest BCUT2D eigenvalue weighted by Gasteiger charge is 2.33. The Morgan fingerprint density at radius 3 is 2.84 bits per heavy atom. The van der Waals surface area contributed by atoms with Crippen LogP contribution in [0.3, 0.4) is 0 Å². The van der Waals surface area contributed by atoms with Crippen molar-refractivity contribution in [3.05, 3.63) is 58.2 Å². The van der Waals surface area contributed by atoms with E-state index in [-0.39, 0.29) is 17.7 Å². The van der Waals surface area contributed by atoms with E-state index in [4.69, 9.17) is 4.42 Å². The Balaban J connectivity index is 1.64. The van der Waals surface area contributed by atoms with E-state index in [1.807, 2.05) is 12.2 Å². The van der Waals surface area contributed by atoms with Crippen LogP contribution in [0.1, 0.15) is 47.6 Å². The summed E-state index contributed by atoms with van der Waals surface area (Å²) in [5.41, 5.74) is 4.02. The van der Waals surface area contributed by atoms with Gasteiger partial charge in [-0.05, 0) is 63.3 Å². The van der Waals surface area contributed by atoms with E-state index in [2.05, 4.69) is 10.3 Å². The van der Waals surface area contributed by atoms with Crippen molar-refractivity contribution >= 4 is 17.5 Å². The van der Waals surface area contributed by atoms with Gasteiger partial charge in [0.2, 0.25) is 0 Å². The number of allylic oxidation sites excluding steroid dienone is 3. The number of aliphatic imine (C=N–C) groups is 1. The lowest BCUT2D eigenvalue weighted by Crippen LogP contribution is -2.37. The number of hydrogen-bond donors (Lipinski definition) is 1. The molecule has 0 spiro atoms. The number of rotatable bonds is 1. The minimum atomic E-state index is -0.330. The van der Waals surface area contributed by atoms with Gasteiger partial charge in [-0.15, -0.1) is 0 Å². The summed E-state index contributed by atoms with van der Waals surface area (Å²) in [7, 11) is 0. The second kappa shape index (κ2) is 5.99. The van der Waals surface area contributed by atoms with Crippen LogP contribution < -0.4 is 5.32 Å². The smallest absolute Gasteiger partial charge is 0.281 e. The number of fused-ring (bicyclic) bond motifs is 2. The largest absolute Gasteiger partial charge is 0.466 e. The van der Waals surface area contributed by atoms with Gasteiger partial charge in [0.15, 0.2) is 0 Å². The number of furan rings is 1. The molecule has 0 aromatic carbocycles. The highest BCUT2D eigenvalue weighted by atomic mass is 16.3. The monoisotopic (exact) mass is 336 g/mol. The minimum absolute atomic E-state index is 0.000481. The number of carbonyl (C=O) groups is 2. The Bertz CT molecular complexity index is 896. The number of carbonyl (C=O) groups excluding carboxylic acids is 2. The van der Waals surface area contributed by atoms with Gasteiger partial charge in [0.1, 0.15) is 11.5 Å². The van der Waals surface area contributed by atoms with Gasteiger partial charge >= 0.3 is 0 Å². The van der Waals surface area contributed by atoms with Crippen LogP contribution in [0.5, 0.6) is 0 Å². The average molecular weight is 336 g/mol. The van der Waals surface area contributed by atoms with E-state index in [1.165, 1.54) is 5.57 Å². The van der Waals surface area contributed by atoms with Gasteiger partial charge in [-0.25, -0.2) is 4.99 Å². The predicted octanol–water partition coefficient (Wildman–Crippen LogP) is 3.55. The van der Waals surface area contributed by atoms with Crippen molar-refractivity contribution in [3.63, 3.8) is 0 Å². The van der Waals surface area contributed by atoms with Gasteiger partial charge in [0.25, 0.3) is 11.8 Å². The molecule has 0 fully saturated rings. The molecule has 1 aromatic rings. The molecule has 1 aromatic heterocycles. The first-order valence-corrected chi connectivity index (χ1v) is 8.66. The van der Waals surface area contributed by atoms with Crippen LogP contribution >= 0.6 is 0 Å². The summed E-state index contributed by atoms with van der Waals surface area (Å²) in [4.78, 5) is 28.9. The number of hydrogen-bond acceptors (Lipinski definition) is 3. The highest BCUT2D eigenvalue weighted by Crippen LogP contribution is 2.38. The summed E-state index contributed by atoms with van der Waals surface area (Å²) in [5.74, 6) is 1.04. The molecule has 5 nitrogen and oxygen atoms in total. The highest BCUT2D eigenvalue weighted by molar-refractivity contribution is 6.14. The van der Waals surface area contributed by atoms with Crippen LogP contribution in [0.15, 0.2) is 50.5 Å². The first kappa shape index (κ1) is 15.8. The van der Waals surface area contributed by atoms with E-state index >= 15 is 0 Å².